The van der Waals surface area contributed by atoms with Crippen molar-refractivity contribution in [3.8, 4) is 17.1 Å². The lowest BCUT2D eigenvalue weighted by atomic mass is 10.0. The van der Waals surface area contributed by atoms with E-state index in [0.29, 0.717) is 43.2 Å². The quantitative estimate of drug-likeness (QED) is 0.626. The standard InChI is InChI=1S/C22H22FN3O3/c1-28-18-11-8-16(9-12-18)22-24-20(29-25-22)5-2-6-21(27)26-13-3-4-15-7-10-17(23)14-19(15)26/h7-12,14H,2-6,13H2,1H3. The average molecular weight is 395 g/mol. The highest BCUT2D eigenvalue weighted by Gasteiger charge is 2.23. The van der Waals surface area contributed by atoms with Crippen molar-refractivity contribution < 1.29 is 18.4 Å². The predicted octanol–water partition coefficient (Wildman–Crippen LogP) is 4.19. The van der Waals surface area contributed by atoms with E-state index < -0.39 is 0 Å². The number of halogens is 1. The van der Waals surface area contributed by atoms with Gasteiger partial charge in [0, 0.05) is 30.6 Å². The summed E-state index contributed by atoms with van der Waals surface area (Å²) >= 11 is 0. The molecule has 29 heavy (non-hydrogen) atoms. The predicted molar refractivity (Wildman–Crippen MR) is 106 cm³/mol. The van der Waals surface area contributed by atoms with Gasteiger partial charge >= 0.3 is 0 Å². The third-order valence-electron chi connectivity index (χ3n) is 5.06. The molecule has 2 aromatic carbocycles. The number of anilines is 1. The molecule has 1 aliphatic heterocycles. The second-order valence-electron chi connectivity index (χ2n) is 7.02. The lowest BCUT2D eigenvalue weighted by Gasteiger charge is -2.29. The minimum atomic E-state index is -0.319. The Morgan fingerprint density at radius 3 is 2.86 bits per heavy atom. The molecule has 4 rings (SSSR count). The molecule has 7 heteroatoms. The Labute approximate surface area is 168 Å². The third-order valence-corrected chi connectivity index (χ3v) is 5.06. The van der Waals surface area contributed by atoms with E-state index >= 15 is 0 Å². The van der Waals surface area contributed by atoms with Gasteiger partial charge in [0.1, 0.15) is 11.6 Å². The molecule has 0 saturated heterocycles. The first-order valence-corrected chi connectivity index (χ1v) is 9.70. The molecule has 3 aromatic rings. The monoisotopic (exact) mass is 395 g/mol. The Morgan fingerprint density at radius 2 is 2.07 bits per heavy atom. The lowest BCUT2D eigenvalue weighted by molar-refractivity contribution is -0.118. The van der Waals surface area contributed by atoms with E-state index in [4.69, 9.17) is 9.26 Å². The Bertz CT molecular complexity index is 1000. The van der Waals surface area contributed by atoms with Gasteiger partial charge in [0.25, 0.3) is 0 Å². The number of aryl methyl sites for hydroxylation is 2. The molecule has 0 aliphatic carbocycles. The van der Waals surface area contributed by atoms with Crippen LogP contribution in [0.5, 0.6) is 5.75 Å². The van der Waals surface area contributed by atoms with Crippen molar-refractivity contribution in [2.45, 2.75) is 32.1 Å². The number of benzene rings is 2. The molecule has 1 aromatic heterocycles. The van der Waals surface area contributed by atoms with Gasteiger partial charge in [0.2, 0.25) is 17.6 Å². The number of amides is 1. The van der Waals surface area contributed by atoms with E-state index in [2.05, 4.69) is 10.1 Å². The minimum Gasteiger partial charge on any atom is -0.497 e. The van der Waals surface area contributed by atoms with Gasteiger partial charge in [-0.05, 0) is 61.2 Å². The number of fused-ring (bicyclic) bond motifs is 1. The molecule has 150 valence electrons. The molecule has 0 atom stereocenters. The van der Waals surface area contributed by atoms with Crippen LogP contribution in [0.15, 0.2) is 47.0 Å². The summed E-state index contributed by atoms with van der Waals surface area (Å²) in [4.78, 5) is 18.8. The summed E-state index contributed by atoms with van der Waals surface area (Å²) in [5, 5.41) is 4.01. The second kappa shape index (κ2) is 8.43. The molecule has 0 saturated carbocycles. The summed E-state index contributed by atoms with van der Waals surface area (Å²) in [5.41, 5.74) is 2.55. The fraction of sp³-hybridized carbons (Fsp3) is 0.318. The van der Waals surface area contributed by atoms with Gasteiger partial charge in [-0.2, -0.15) is 4.98 Å². The Balaban J connectivity index is 1.35. The molecule has 0 spiro atoms. The first-order chi connectivity index (χ1) is 14.1. The van der Waals surface area contributed by atoms with Crippen LogP contribution in [0.4, 0.5) is 10.1 Å². The Kier molecular flexibility index (Phi) is 5.55. The van der Waals surface area contributed by atoms with Gasteiger partial charge in [0.05, 0.1) is 7.11 Å². The van der Waals surface area contributed by atoms with Gasteiger partial charge in [-0.1, -0.05) is 11.2 Å². The number of aromatic nitrogens is 2. The second-order valence-corrected chi connectivity index (χ2v) is 7.02. The van der Waals surface area contributed by atoms with Crippen molar-refractivity contribution in [2.75, 3.05) is 18.6 Å². The summed E-state index contributed by atoms with van der Waals surface area (Å²) < 4.78 is 24.1. The van der Waals surface area contributed by atoms with Crippen LogP contribution in [-0.2, 0) is 17.6 Å². The largest absolute Gasteiger partial charge is 0.497 e. The van der Waals surface area contributed by atoms with Crippen molar-refractivity contribution in [2.24, 2.45) is 0 Å². The van der Waals surface area contributed by atoms with Crippen LogP contribution in [0.2, 0.25) is 0 Å². The maximum atomic E-state index is 13.6. The molecule has 0 unspecified atom stereocenters. The zero-order chi connectivity index (χ0) is 20.2. The molecule has 6 nitrogen and oxygen atoms in total. The van der Waals surface area contributed by atoms with Crippen molar-refractivity contribution in [1.82, 2.24) is 10.1 Å². The van der Waals surface area contributed by atoms with E-state index in [1.165, 1.54) is 12.1 Å². The summed E-state index contributed by atoms with van der Waals surface area (Å²) in [5.74, 6) is 1.44. The maximum Gasteiger partial charge on any atom is 0.227 e. The van der Waals surface area contributed by atoms with Gasteiger partial charge in [-0.15, -0.1) is 0 Å². The maximum absolute atomic E-state index is 13.6. The topological polar surface area (TPSA) is 68.5 Å². The zero-order valence-corrected chi connectivity index (χ0v) is 16.2. The van der Waals surface area contributed by atoms with Crippen LogP contribution < -0.4 is 9.64 Å². The smallest absolute Gasteiger partial charge is 0.227 e. The highest BCUT2D eigenvalue weighted by atomic mass is 19.1. The first-order valence-electron chi connectivity index (χ1n) is 9.70. The molecule has 1 amide bonds. The van der Waals surface area contributed by atoms with Crippen LogP contribution in [-0.4, -0.2) is 29.7 Å². The Hall–Kier alpha value is -3.22. The lowest BCUT2D eigenvalue weighted by Crippen LogP contribution is -2.35. The molecule has 1 aliphatic rings. The SMILES string of the molecule is COc1ccc(-c2noc(CCCC(=O)N3CCCc4ccc(F)cc43)n2)cc1. The highest BCUT2D eigenvalue weighted by Crippen LogP contribution is 2.28. The molecule has 2 heterocycles. The molecule has 0 bridgehead atoms. The number of methoxy groups -OCH3 is 1. The Morgan fingerprint density at radius 1 is 1.24 bits per heavy atom. The van der Waals surface area contributed by atoms with Crippen LogP contribution in [0.1, 0.15) is 30.7 Å². The number of hydrogen-bond donors (Lipinski definition) is 0. The number of hydrogen-bond acceptors (Lipinski definition) is 5. The van der Waals surface area contributed by atoms with Gasteiger partial charge in [-0.3, -0.25) is 4.79 Å². The minimum absolute atomic E-state index is 0.00792. The summed E-state index contributed by atoms with van der Waals surface area (Å²) in [6.45, 7) is 0.622. The number of rotatable bonds is 6. The fourth-order valence-electron chi connectivity index (χ4n) is 3.55. The fourth-order valence-corrected chi connectivity index (χ4v) is 3.55. The number of carbonyl (C=O) groups excluding carboxylic acids is 1. The number of nitrogens with zero attached hydrogens (tertiary/aromatic N) is 3. The molecule has 0 N–H and O–H groups in total. The van der Waals surface area contributed by atoms with Crippen molar-refractivity contribution in [1.29, 1.82) is 0 Å². The van der Waals surface area contributed by atoms with Crippen LogP contribution in [0.25, 0.3) is 11.4 Å². The summed E-state index contributed by atoms with van der Waals surface area (Å²) in [7, 11) is 1.61. The molecule has 0 fully saturated rings. The van der Waals surface area contributed by atoms with Crippen molar-refractivity contribution in [3.05, 3.63) is 59.7 Å². The van der Waals surface area contributed by atoms with E-state index in [1.807, 2.05) is 24.3 Å². The van der Waals surface area contributed by atoms with E-state index in [9.17, 15) is 9.18 Å². The number of carbonyl (C=O) groups is 1. The summed E-state index contributed by atoms with van der Waals surface area (Å²) in [6.07, 6.45) is 3.20. The average Bonchev–Trinajstić information content (AvgIpc) is 3.22. The first kappa shape index (κ1) is 19.1. The van der Waals surface area contributed by atoms with Crippen molar-refractivity contribution in [3.63, 3.8) is 0 Å². The van der Waals surface area contributed by atoms with Crippen LogP contribution >= 0.6 is 0 Å². The normalized spacial score (nSPS) is 13.2. The van der Waals surface area contributed by atoms with Crippen molar-refractivity contribution >= 4 is 11.6 Å². The van der Waals surface area contributed by atoms with Gasteiger partial charge in [-0.25, -0.2) is 4.39 Å². The van der Waals surface area contributed by atoms with Gasteiger partial charge < -0.3 is 14.2 Å². The van der Waals surface area contributed by atoms with Gasteiger partial charge in [0.15, 0.2) is 0 Å². The van der Waals surface area contributed by atoms with E-state index in [0.717, 1.165) is 29.7 Å². The van der Waals surface area contributed by atoms with E-state index in [-0.39, 0.29) is 11.7 Å². The van der Waals surface area contributed by atoms with Crippen LogP contribution in [0.3, 0.4) is 0 Å². The summed E-state index contributed by atoms with van der Waals surface area (Å²) in [6, 6.07) is 12.1. The number of ether oxygens (including phenoxy) is 1. The molecular formula is C22H22FN3O3. The highest BCUT2D eigenvalue weighted by molar-refractivity contribution is 5.94. The molecular weight excluding hydrogens is 373 g/mol. The van der Waals surface area contributed by atoms with Crippen LogP contribution in [0, 0.1) is 5.82 Å². The zero-order valence-electron chi connectivity index (χ0n) is 16.2. The molecule has 0 radical (unpaired) electrons. The van der Waals surface area contributed by atoms with E-state index in [1.54, 1.807) is 18.1 Å². The third kappa shape index (κ3) is 4.29.